The van der Waals surface area contributed by atoms with Crippen LogP contribution in [0.1, 0.15) is 6.42 Å². The molecular weight excluding hydrogens is 259 g/mol. The average Bonchev–Trinajstić information content (AvgIpc) is 2.59. The van der Waals surface area contributed by atoms with E-state index in [1.54, 1.807) is 6.08 Å². The molecule has 6 heteroatoms. The molecule has 3 amide bonds. The van der Waals surface area contributed by atoms with Crippen LogP contribution in [0, 0.1) is 5.82 Å². The quantitative estimate of drug-likeness (QED) is 0.676. The highest BCUT2D eigenvalue weighted by atomic mass is 35.5. The maximum absolute atomic E-state index is 13.0. The molecule has 1 atom stereocenters. The van der Waals surface area contributed by atoms with Crippen LogP contribution >= 0.6 is 11.6 Å². The van der Waals surface area contributed by atoms with Crippen LogP contribution < -0.4 is 10.2 Å². The number of nitrogens with zero attached hydrogens (tertiary/aromatic N) is 1. The van der Waals surface area contributed by atoms with Gasteiger partial charge in [0.1, 0.15) is 11.9 Å². The van der Waals surface area contributed by atoms with Gasteiger partial charge in [0.15, 0.2) is 0 Å². The van der Waals surface area contributed by atoms with Crippen molar-refractivity contribution in [1.82, 2.24) is 5.32 Å². The lowest BCUT2D eigenvalue weighted by Crippen LogP contribution is -2.31. The molecule has 1 fully saturated rings. The molecule has 0 radical (unpaired) electrons. The molecular formula is C12H10ClFN2O2. The van der Waals surface area contributed by atoms with E-state index in [2.05, 4.69) is 11.9 Å². The van der Waals surface area contributed by atoms with Crippen molar-refractivity contribution in [2.75, 3.05) is 4.90 Å². The summed E-state index contributed by atoms with van der Waals surface area (Å²) in [5, 5.41) is 2.38. The summed E-state index contributed by atoms with van der Waals surface area (Å²) >= 11 is 5.62. The number of amides is 3. The van der Waals surface area contributed by atoms with Gasteiger partial charge in [-0.15, -0.1) is 6.58 Å². The topological polar surface area (TPSA) is 49.4 Å². The second kappa shape index (κ2) is 4.78. The van der Waals surface area contributed by atoms with Gasteiger partial charge in [-0.05, 0) is 24.6 Å². The van der Waals surface area contributed by atoms with Gasteiger partial charge in [0.2, 0.25) is 0 Å². The molecule has 1 unspecified atom stereocenters. The van der Waals surface area contributed by atoms with Gasteiger partial charge in [-0.25, -0.2) is 14.1 Å². The summed E-state index contributed by atoms with van der Waals surface area (Å²) in [6.07, 6.45) is 1.89. The Kier molecular flexibility index (Phi) is 3.34. The van der Waals surface area contributed by atoms with Gasteiger partial charge in [-0.2, -0.15) is 0 Å². The zero-order chi connectivity index (χ0) is 13.3. The number of halogens is 2. The molecule has 18 heavy (non-hydrogen) atoms. The summed E-state index contributed by atoms with van der Waals surface area (Å²) in [6, 6.07) is 2.51. The zero-order valence-electron chi connectivity index (χ0n) is 9.32. The average molecular weight is 269 g/mol. The number of anilines is 1. The number of carbonyl (C=O) groups excluding carboxylic acids is 2. The fourth-order valence-electron chi connectivity index (χ4n) is 1.73. The molecule has 0 aromatic heterocycles. The Bertz CT molecular complexity index is 533. The lowest BCUT2D eigenvalue weighted by Gasteiger charge is -2.13. The van der Waals surface area contributed by atoms with E-state index in [4.69, 9.17) is 11.6 Å². The molecule has 1 aromatic rings. The normalized spacial score (nSPS) is 19.0. The fourth-order valence-corrected chi connectivity index (χ4v) is 1.90. The molecule has 0 aliphatic carbocycles. The van der Waals surface area contributed by atoms with Crippen LogP contribution in [0.2, 0.25) is 5.02 Å². The Balaban J connectivity index is 2.32. The highest BCUT2D eigenvalue weighted by Gasteiger charge is 2.38. The number of imide groups is 1. The highest BCUT2D eigenvalue weighted by molar-refractivity contribution is 6.31. The van der Waals surface area contributed by atoms with E-state index in [0.717, 1.165) is 11.0 Å². The van der Waals surface area contributed by atoms with Gasteiger partial charge in [-0.3, -0.25) is 4.79 Å². The van der Waals surface area contributed by atoms with Gasteiger partial charge in [0.25, 0.3) is 5.91 Å². The van der Waals surface area contributed by atoms with Crippen molar-refractivity contribution < 1.29 is 14.0 Å². The van der Waals surface area contributed by atoms with Gasteiger partial charge in [0.05, 0.1) is 10.7 Å². The monoisotopic (exact) mass is 268 g/mol. The van der Waals surface area contributed by atoms with E-state index in [-0.39, 0.29) is 10.7 Å². The van der Waals surface area contributed by atoms with E-state index in [1.165, 1.54) is 12.1 Å². The number of hydrogen-bond donors (Lipinski definition) is 1. The van der Waals surface area contributed by atoms with Crippen LogP contribution in [0.3, 0.4) is 0 Å². The second-order valence-corrected chi connectivity index (χ2v) is 4.21. The Hall–Kier alpha value is -1.88. The first-order chi connectivity index (χ1) is 8.54. The predicted molar refractivity (Wildman–Crippen MR) is 66.0 cm³/mol. The van der Waals surface area contributed by atoms with Crippen molar-refractivity contribution in [1.29, 1.82) is 0 Å². The molecule has 1 saturated heterocycles. The van der Waals surface area contributed by atoms with Crippen molar-refractivity contribution >= 4 is 29.2 Å². The maximum Gasteiger partial charge on any atom is 0.329 e. The minimum absolute atomic E-state index is 0.139. The number of nitrogens with one attached hydrogen (secondary N) is 1. The van der Waals surface area contributed by atoms with Crippen molar-refractivity contribution in [3.63, 3.8) is 0 Å². The van der Waals surface area contributed by atoms with E-state index >= 15 is 0 Å². The van der Waals surface area contributed by atoms with Gasteiger partial charge >= 0.3 is 6.03 Å². The van der Waals surface area contributed by atoms with Crippen molar-refractivity contribution in [2.24, 2.45) is 0 Å². The number of benzene rings is 1. The number of carbonyl (C=O) groups is 2. The van der Waals surface area contributed by atoms with E-state index in [0.29, 0.717) is 6.42 Å². The molecule has 1 heterocycles. The minimum atomic E-state index is -0.626. The third kappa shape index (κ3) is 2.09. The number of urea groups is 1. The summed E-state index contributed by atoms with van der Waals surface area (Å²) in [5.41, 5.74) is 0.246. The Labute approximate surface area is 108 Å². The molecule has 0 saturated carbocycles. The van der Waals surface area contributed by atoms with Crippen molar-refractivity contribution in [3.05, 3.63) is 41.7 Å². The summed E-state index contributed by atoms with van der Waals surface area (Å²) in [5.74, 6) is -1.00. The van der Waals surface area contributed by atoms with Crippen LogP contribution in [0.5, 0.6) is 0 Å². The largest absolute Gasteiger partial charge is 0.329 e. The maximum atomic E-state index is 13.0. The Morgan fingerprint density at radius 2 is 2.22 bits per heavy atom. The molecule has 1 aromatic carbocycles. The van der Waals surface area contributed by atoms with Crippen LogP contribution in [0.4, 0.5) is 14.9 Å². The molecule has 2 rings (SSSR count). The third-order valence-corrected chi connectivity index (χ3v) is 2.87. The lowest BCUT2D eigenvalue weighted by atomic mass is 10.2. The second-order valence-electron chi connectivity index (χ2n) is 3.80. The summed E-state index contributed by atoms with van der Waals surface area (Å²) in [4.78, 5) is 24.6. The first-order valence-corrected chi connectivity index (χ1v) is 5.63. The Morgan fingerprint density at radius 1 is 1.50 bits per heavy atom. The molecule has 94 valence electrons. The van der Waals surface area contributed by atoms with Crippen LogP contribution in [-0.2, 0) is 4.79 Å². The smallest absolute Gasteiger partial charge is 0.325 e. The molecule has 0 bridgehead atoms. The highest BCUT2D eigenvalue weighted by Crippen LogP contribution is 2.25. The van der Waals surface area contributed by atoms with Gasteiger partial charge in [0, 0.05) is 0 Å². The molecule has 1 N–H and O–H groups in total. The predicted octanol–water partition coefficient (Wildman–Crippen LogP) is 2.48. The first kappa shape index (κ1) is 12.6. The molecule has 4 nitrogen and oxygen atoms in total. The molecule has 1 aliphatic heterocycles. The van der Waals surface area contributed by atoms with Crippen molar-refractivity contribution in [3.8, 4) is 0 Å². The lowest BCUT2D eigenvalue weighted by molar-refractivity contribution is -0.118. The van der Waals surface area contributed by atoms with Crippen molar-refractivity contribution in [2.45, 2.75) is 12.5 Å². The standard InChI is InChI=1S/C12H10ClFN2O2/c1-2-3-10-11(17)16(12(18)15-10)7-4-5-9(14)8(13)6-7/h2,4-6,10H,1,3H2,(H,15,18). The molecule has 0 spiro atoms. The summed E-state index contributed by atoms with van der Waals surface area (Å²) in [6.45, 7) is 3.51. The third-order valence-electron chi connectivity index (χ3n) is 2.58. The number of hydrogen-bond acceptors (Lipinski definition) is 2. The van der Waals surface area contributed by atoms with E-state index in [1.807, 2.05) is 0 Å². The SMILES string of the molecule is C=CCC1NC(=O)N(c2ccc(F)c(Cl)c2)C1=O. The summed E-state index contributed by atoms with van der Waals surface area (Å²) < 4.78 is 13.0. The van der Waals surface area contributed by atoms with Crippen LogP contribution in [0.15, 0.2) is 30.9 Å². The number of rotatable bonds is 3. The van der Waals surface area contributed by atoms with Gasteiger partial charge < -0.3 is 5.32 Å². The van der Waals surface area contributed by atoms with E-state index < -0.39 is 23.8 Å². The van der Waals surface area contributed by atoms with Crippen LogP contribution in [0.25, 0.3) is 0 Å². The zero-order valence-corrected chi connectivity index (χ0v) is 10.1. The van der Waals surface area contributed by atoms with E-state index in [9.17, 15) is 14.0 Å². The Morgan fingerprint density at radius 3 is 2.83 bits per heavy atom. The van der Waals surface area contributed by atoms with Crippen LogP contribution in [-0.4, -0.2) is 18.0 Å². The fraction of sp³-hybridized carbons (Fsp3) is 0.167. The summed E-state index contributed by atoms with van der Waals surface area (Å²) in [7, 11) is 0. The first-order valence-electron chi connectivity index (χ1n) is 5.25. The van der Waals surface area contributed by atoms with Gasteiger partial charge in [-0.1, -0.05) is 17.7 Å². The molecule has 1 aliphatic rings. The minimum Gasteiger partial charge on any atom is -0.325 e.